The SMILES string of the molecule is O=C(Nc1ccc(CSc2ccccc2)cc1)C1CCCN(Cc2nc(-c3ccccc3)no2)C1. The number of rotatable bonds is 8. The first-order valence-corrected chi connectivity index (χ1v) is 12.9. The summed E-state index contributed by atoms with van der Waals surface area (Å²) in [5, 5.41) is 7.20. The van der Waals surface area contributed by atoms with Crippen LogP contribution < -0.4 is 5.32 Å². The molecule has 4 aromatic rings. The first-order valence-electron chi connectivity index (χ1n) is 11.9. The third-order valence-corrected chi connectivity index (χ3v) is 7.19. The molecule has 6 nitrogen and oxygen atoms in total. The van der Waals surface area contributed by atoms with Crippen LogP contribution in [-0.2, 0) is 17.1 Å². The maximum Gasteiger partial charge on any atom is 0.241 e. The molecule has 1 aliphatic rings. The van der Waals surface area contributed by atoms with Gasteiger partial charge in [0.2, 0.25) is 17.6 Å². The van der Waals surface area contributed by atoms with Crippen LogP contribution in [0.2, 0.25) is 0 Å². The normalized spacial score (nSPS) is 16.2. The van der Waals surface area contributed by atoms with Gasteiger partial charge in [-0.15, -0.1) is 11.8 Å². The summed E-state index contributed by atoms with van der Waals surface area (Å²) in [6, 6.07) is 28.3. The third-order valence-electron chi connectivity index (χ3n) is 6.11. The molecule has 0 bridgehead atoms. The Balaban J connectivity index is 1.12. The Bertz CT molecular complexity index is 1230. The van der Waals surface area contributed by atoms with E-state index >= 15 is 0 Å². The molecule has 1 amide bonds. The number of thioether (sulfide) groups is 1. The second kappa shape index (κ2) is 11.3. The first kappa shape index (κ1) is 23.3. The van der Waals surface area contributed by atoms with Gasteiger partial charge in [-0.3, -0.25) is 9.69 Å². The minimum Gasteiger partial charge on any atom is -0.338 e. The molecule has 3 aromatic carbocycles. The number of carbonyl (C=O) groups excluding carboxylic acids is 1. The van der Waals surface area contributed by atoms with E-state index in [1.807, 2.05) is 48.5 Å². The zero-order valence-corrected chi connectivity index (χ0v) is 20.3. The van der Waals surface area contributed by atoms with Crippen LogP contribution in [0, 0.1) is 5.92 Å². The molecule has 5 rings (SSSR count). The van der Waals surface area contributed by atoms with Gasteiger partial charge in [0, 0.05) is 28.4 Å². The Morgan fingerprint density at radius 3 is 2.51 bits per heavy atom. The van der Waals surface area contributed by atoms with Gasteiger partial charge in [-0.1, -0.05) is 65.8 Å². The average Bonchev–Trinajstić information content (AvgIpc) is 3.38. The summed E-state index contributed by atoms with van der Waals surface area (Å²) in [4.78, 5) is 21.0. The van der Waals surface area contributed by atoms with E-state index in [9.17, 15) is 4.79 Å². The van der Waals surface area contributed by atoms with Crippen molar-refractivity contribution in [1.29, 1.82) is 0 Å². The van der Waals surface area contributed by atoms with Crippen molar-refractivity contribution in [3.63, 3.8) is 0 Å². The van der Waals surface area contributed by atoms with E-state index in [4.69, 9.17) is 4.52 Å². The number of piperidine rings is 1. The van der Waals surface area contributed by atoms with Gasteiger partial charge in [-0.25, -0.2) is 0 Å². The standard InChI is InChI=1S/C28H28N4O2S/c33-28(29-24-15-13-21(14-16-24)20-35-25-11-5-2-6-12-25)23-10-7-17-32(18-23)19-26-30-27(31-34-26)22-8-3-1-4-9-22/h1-6,8-9,11-16,23H,7,10,17-20H2,(H,29,33). The Morgan fingerprint density at radius 2 is 1.74 bits per heavy atom. The lowest BCUT2D eigenvalue weighted by molar-refractivity contribution is -0.121. The van der Waals surface area contributed by atoms with Crippen LogP contribution in [-0.4, -0.2) is 34.0 Å². The zero-order chi connectivity index (χ0) is 23.9. The lowest BCUT2D eigenvalue weighted by Gasteiger charge is -2.30. The fourth-order valence-electron chi connectivity index (χ4n) is 4.24. The van der Waals surface area contributed by atoms with Crippen LogP contribution in [0.5, 0.6) is 0 Å². The second-order valence-electron chi connectivity index (χ2n) is 8.74. The minimum atomic E-state index is -0.0615. The third kappa shape index (κ3) is 6.38. The van der Waals surface area contributed by atoms with Gasteiger partial charge in [0.1, 0.15) is 0 Å². The Kier molecular flexibility index (Phi) is 7.56. The van der Waals surface area contributed by atoms with Crippen molar-refractivity contribution < 1.29 is 9.32 Å². The molecule has 0 spiro atoms. The number of hydrogen-bond acceptors (Lipinski definition) is 6. The number of anilines is 1. The number of amides is 1. The van der Waals surface area contributed by atoms with Crippen molar-refractivity contribution in [2.45, 2.75) is 30.0 Å². The van der Waals surface area contributed by atoms with Crippen molar-refractivity contribution in [3.8, 4) is 11.4 Å². The molecule has 1 aliphatic heterocycles. The van der Waals surface area contributed by atoms with Crippen LogP contribution in [0.25, 0.3) is 11.4 Å². The van der Waals surface area contributed by atoms with Crippen LogP contribution in [0.3, 0.4) is 0 Å². The molecule has 1 fully saturated rings. The van der Waals surface area contributed by atoms with Gasteiger partial charge in [0.15, 0.2) is 0 Å². The Hall–Kier alpha value is -3.42. The summed E-state index contributed by atoms with van der Waals surface area (Å²) in [6.45, 7) is 2.15. The highest BCUT2D eigenvalue weighted by Crippen LogP contribution is 2.24. The topological polar surface area (TPSA) is 71.3 Å². The van der Waals surface area contributed by atoms with Crippen LogP contribution in [0.1, 0.15) is 24.3 Å². The predicted octanol–water partition coefficient (Wildman–Crippen LogP) is 5.88. The monoisotopic (exact) mass is 484 g/mol. The molecular weight excluding hydrogens is 456 g/mol. The highest BCUT2D eigenvalue weighted by atomic mass is 32.2. The fourth-order valence-corrected chi connectivity index (χ4v) is 5.12. The summed E-state index contributed by atoms with van der Waals surface area (Å²) in [5.41, 5.74) is 3.00. The van der Waals surface area contributed by atoms with Gasteiger partial charge in [0.05, 0.1) is 12.5 Å². The maximum absolute atomic E-state index is 13.0. The number of carbonyl (C=O) groups is 1. The van der Waals surface area contributed by atoms with Gasteiger partial charge >= 0.3 is 0 Å². The number of nitrogens with one attached hydrogen (secondary N) is 1. The van der Waals surface area contributed by atoms with E-state index in [1.165, 1.54) is 10.5 Å². The van der Waals surface area contributed by atoms with Crippen molar-refractivity contribution in [2.75, 3.05) is 18.4 Å². The lowest BCUT2D eigenvalue weighted by Crippen LogP contribution is -2.40. The molecule has 1 saturated heterocycles. The van der Waals surface area contributed by atoms with Crippen LogP contribution >= 0.6 is 11.8 Å². The van der Waals surface area contributed by atoms with E-state index in [-0.39, 0.29) is 11.8 Å². The maximum atomic E-state index is 13.0. The molecule has 0 aliphatic carbocycles. The molecule has 2 heterocycles. The van der Waals surface area contributed by atoms with E-state index in [1.54, 1.807) is 11.8 Å². The molecule has 1 N–H and O–H groups in total. The highest BCUT2D eigenvalue weighted by molar-refractivity contribution is 7.98. The lowest BCUT2D eigenvalue weighted by atomic mass is 9.97. The molecular formula is C28H28N4O2S. The summed E-state index contributed by atoms with van der Waals surface area (Å²) in [7, 11) is 0. The molecule has 35 heavy (non-hydrogen) atoms. The predicted molar refractivity (Wildman–Crippen MR) is 139 cm³/mol. The van der Waals surface area contributed by atoms with Gasteiger partial charge in [-0.2, -0.15) is 4.98 Å². The summed E-state index contributed by atoms with van der Waals surface area (Å²) in [6.07, 6.45) is 1.85. The number of likely N-dealkylation sites (tertiary alicyclic amines) is 1. The van der Waals surface area contributed by atoms with Crippen molar-refractivity contribution >= 4 is 23.4 Å². The zero-order valence-electron chi connectivity index (χ0n) is 19.5. The fraction of sp³-hybridized carbons (Fsp3) is 0.250. The second-order valence-corrected chi connectivity index (χ2v) is 9.79. The molecule has 1 atom stereocenters. The van der Waals surface area contributed by atoms with E-state index in [0.717, 1.165) is 36.4 Å². The molecule has 1 aromatic heterocycles. The number of nitrogens with zero attached hydrogens (tertiary/aromatic N) is 3. The number of aromatic nitrogens is 2. The summed E-state index contributed by atoms with van der Waals surface area (Å²) >= 11 is 1.81. The minimum absolute atomic E-state index is 0.0615. The van der Waals surface area contributed by atoms with Crippen LogP contribution in [0.4, 0.5) is 5.69 Å². The molecule has 0 radical (unpaired) electrons. The highest BCUT2D eigenvalue weighted by Gasteiger charge is 2.27. The average molecular weight is 485 g/mol. The Labute approximate surface area is 209 Å². The van der Waals surface area contributed by atoms with Gasteiger partial charge in [0.25, 0.3) is 0 Å². The van der Waals surface area contributed by atoms with E-state index in [0.29, 0.717) is 24.8 Å². The van der Waals surface area contributed by atoms with Crippen molar-refractivity contribution in [2.24, 2.45) is 5.92 Å². The number of hydrogen-bond donors (Lipinski definition) is 1. The Morgan fingerprint density at radius 1 is 1.00 bits per heavy atom. The molecule has 0 saturated carbocycles. The van der Waals surface area contributed by atoms with E-state index in [2.05, 4.69) is 56.8 Å². The molecule has 7 heteroatoms. The smallest absolute Gasteiger partial charge is 0.241 e. The first-order chi connectivity index (χ1) is 17.2. The largest absolute Gasteiger partial charge is 0.338 e. The molecule has 1 unspecified atom stereocenters. The van der Waals surface area contributed by atoms with Crippen LogP contribution in [0.15, 0.2) is 94.3 Å². The molecule has 178 valence electrons. The van der Waals surface area contributed by atoms with Gasteiger partial charge < -0.3 is 9.84 Å². The summed E-state index contributed by atoms with van der Waals surface area (Å²) in [5.74, 6) is 2.08. The number of benzene rings is 3. The summed E-state index contributed by atoms with van der Waals surface area (Å²) < 4.78 is 5.47. The van der Waals surface area contributed by atoms with Gasteiger partial charge in [-0.05, 0) is 49.2 Å². The van der Waals surface area contributed by atoms with E-state index < -0.39 is 0 Å². The van der Waals surface area contributed by atoms with Crippen molar-refractivity contribution in [3.05, 3.63) is 96.4 Å². The quantitative estimate of drug-likeness (QED) is 0.315. The van der Waals surface area contributed by atoms with Crippen molar-refractivity contribution in [1.82, 2.24) is 15.0 Å².